The average Bonchev–Trinajstić information content (AvgIpc) is 3.23. The molecule has 0 atom stereocenters. The molecule has 192 valence electrons. The third-order valence-corrected chi connectivity index (χ3v) is 7.45. The Balaban J connectivity index is 1.74. The normalized spacial score (nSPS) is 14.6. The van der Waals surface area contributed by atoms with Crippen LogP contribution < -0.4 is 4.31 Å². The molecule has 3 aromatic rings. The van der Waals surface area contributed by atoms with Crippen molar-refractivity contribution in [3.8, 4) is 11.3 Å². The number of benzene rings is 2. The van der Waals surface area contributed by atoms with E-state index in [0.29, 0.717) is 34.7 Å². The van der Waals surface area contributed by atoms with Crippen molar-refractivity contribution in [1.29, 1.82) is 0 Å². The summed E-state index contributed by atoms with van der Waals surface area (Å²) in [5, 5.41) is 6.39. The van der Waals surface area contributed by atoms with Crippen LogP contribution in [0.25, 0.3) is 11.3 Å². The van der Waals surface area contributed by atoms with Crippen molar-refractivity contribution < 1.29 is 39.6 Å². The number of anilines is 1. The summed E-state index contributed by atoms with van der Waals surface area (Å²) in [5.41, 5.74) is 0.508. The van der Waals surface area contributed by atoms with E-state index >= 15 is 0 Å². The Morgan fingerprint density at radius 3 is 2.31 bits per heavy atom. The van der Waals surface area contributed by atoms with Crippen LogP contribution in [-0.2, 0) is 29.2 Å². The second-order valence-electron chi connectivity index (χ2n) is 8.34. The number of nitrogens with zero attached hydrogens (tertiary/aromatic N) is 2. The largest absolute Gasteiger partial charge is 0.416 e. The van der Waals surface area contributed by atoms with Gasteiger partial charge in [-0.2, -0.15) is 31.4 Å². The van der Waals surface area contributed by atoms with E-state index in [0.717, 1.165) is 24.3 Å². The number of aromatic nitrogens is 2. The molecule has 6 nitrogen and oxygen atoms in total. The lowest BCUT2D eigenvalue weighted by Gasteiger charge is -2.27. The van der Waals surface area contributed by atoms with E-state index in [1.54, 1.807) is 0 Å². The van der Waals surface area contributed by atoms with Gasteiger partial charge >= 0.3 is 12.4 Å². The smallest absolute Gasteiger partial charge is 0.294 e. The maximum atomic E-state index is 13.1. The minimum absolute atomic E-state index is 0.0627. The van der Waals surface area contributed by atoms with E-state index in [4.69, 9.17) is 0 Å². The van der Waals surface area contributed by atoms with Gasteiger partial charge < -0.3 is 0 Å². The van der Waals surface area contributed by atoms with E-state index in [9.17, 15) is 39.6 Å². The Hall–Kier alpha value is -3.35. The Labute approximate surface area is 202 Å². The second-order valence-corrected chi connectivity index (χ2v) is 10.2. The lowest BCUT2D eigenvalue weighted by molar-refractivity contribution is -0.137. The first-order valence-electron chi connectivity index (χ1n) is 10.7. The molecule has 2 aromatic carbocycles. The van der Waals surface area contributed by atoms with Crippen LogP contribution in [0.3, 0.4) is 0 Å². The molecule has 1 heterocycles. The van der Waals surface area contributed by atoms with Crippen molar-refractivity contribution >= 4 is 21.5 Å². The third-order valence-electron chi connectivity index (χ3n) is 5.74. The molecular formula is C23H19F6N3O3S. The number of nitrogens with one attached hydrogen (secondary N) is 1. The van der Waals surface area contributed by atoms with Crippen LogP contribution in [0.2, 0.25) is 0 Å². The van der Waals surface area contributed by atoms with Crippen LogP contribution in [0, 0.1) is 0 Å². The van der Waals surface area contributed by atoms with E-state index in [1.165, 1.54) is 24.4 Å². The molecule has 0 amide bonds. The van der Waals surface area contributed by atoms with Crippen molar-refractivity contribution in [3.63, 3.8) is 0 Å². The summed E-state index contributed by atoms with van der Waals surface area (Å²) in [5.74, 6) is -2.25. The number of sulfonamides is 1. The van der Waals surface area contributed by atoms with Gasteiger partial charge in [0.15, 0.2) is 11.5 Å². The number of rotatable bonds is 6. The predicted octanol–water partition coefficient (Wildman–Crippen LogP) is 5.51. The van der Waals surface area contributed by atoms with Crippen LogP contribution in [0.5, 0.6) is 0 Å². The Kier molecular flexibility index (Phi) is 6.62. The number of ketones is 1. The zero-order valence-electron chi connectivity index (χ0n) is 18.4. The number of fused-ring (bicyclic) bond motifs is 1. The van der Waals surface area contributed by atoms with Crippen LogP contribution in [0.15, 0.2) is 48.7 Å². The Morgan fingerprint density at radius 2 is 1.67 bits per heavy atom. The highest BCUT2D eigenvalue weighted by Gasteiger charge is 2.39. The number of hydrogen-bond donors (Lipinski definition) is 1. The van der Waals surface area contributed by atoms with Gasteiger partial charge in [0.05, 0.1) is 29.7 Å². The van der Waals surface area contributed by atoms with Gasteiger partial charge in [-0.15, -0.1) is 0 Å². The van der Waals surface area contributed by atoms with Gasteiger partial charge in [-0.25, -0.2) is 8.42 Å². The average molecular weight is 531 g/mol. The summed E-state index contributed by atoms with van der Waals surface area (Å²) < 4.78 is 105. The van der Waals surface area contributed by atoms with Gasteiger partial charge in [0.2, 0.25) is 10.0 Å². The second kappa shape index (κ2) is 9.26. The van der Waals surface area contributed by atoms with Gasteiger partial charge in [0.1, 0.15) is 0 Å². The van der Waals surface area contributed by atoms with E-state index in [1.807, 2.05) is 0 Å². The minimum atomic E-state index is -5.02. The highest BCUT2D eigenvalue weighted by Crippen LogP contribution is 2.34. The summed E-state index contributed by atoms with van der Waals surface area (Å²) in [6.45, 7) is -0.571. The summed E-state index contributed by atoms with van der Waals surface area (Å²) in [4.78, 5) is 12.1. The number of aromatic amines is 1. The molecule has 0 bridgehead atoms. The Morgan fingerprint density at radius 1 is 0.972 bits per heavy atom. The molecule has 0 radical (unpaired) electrons. The van der Waals surface area contributed by atoms with Crippen molar-refractivity contribution in [3.05, 3.63) is 70.9 Å². The molecule has 0 spiro atoms. The molecule has 0 aliphatic heterocycles. The standard InChI is InChI=1S/C23H19F6N3O3S/c24-22(25,26)13-36(34,35)32(18-8-9-19-15(10-18)2-1-3-20(19)33)12-16-11-30-31-21(16)14-4-6-17(7-5-14)23(27,28)29/h4-11H,1-3,12-13H2,(H,30,31). The lowest BCUT2D eigenvalue weighted by Crippen LogP contribution is -2.37. The number of halogens is 6. The number of alkyl halides is 6. The fraction of sp³-hybridized carbons (Fsp3) is 0.304. The number of aryl methyl sites for hydroxylation is 1. The molecule has 0 saturated heterocycles. The first-order chi connectivity index (χ1) is 16.7. The molecule has 1 N–H and O–H groups in total. The summed E-state index contributed by atoms with van der Waals surface area (Å²) in [6.07, 6.45) is -7.06. The van der Waals surface area contributed by atoms with Crippen LogP contribution in [-0.4, -0.2) is 36.3 Å². The number of Topliss-reactive ketones (excluding diaryl/α,β-unsaturated/α-hetero) is 1. The van der Waals surface area contributed by atoms with Gasteiger partial charge in [0.25, 0.3) is 0 Å². The van der Waals surface area contributed by atoms with E-state index < -0.39 is 40.2 Å². The molecule has 1 aliphatic carbocycles. The first kappa shape index (κ1) is 25.7. The van der Waals surface area contributed by atoms with E-state index in [2.05, 4.69) is 10.2 Å². The molecular weight excluding hydrogens is 512 g/mol. The summed E-state index contributed by atoms with van der Waals surface area (Å²) in [6, 6.07) is 8.02. The molecule has 4 rings (SSSR count). The number of carbonyl (C=O) groups excluding carboxylic acids is 1. The third kappa shape index (κ3) is 5.55. The molecule has 0 fully saturated rings. The summed E-state index contributed by atoms with van der Waals surface area (Å²) in [7, 11) is -4.94. The van der Waals surface area contributed by atoms with Crippen molar-refractivity contribution in [2.45, 2.75) is 38.2 Å². The molecule has 0 unspecified atom stereocenters. The quantitative estimate of drug-likeness (QED) is 0.425. The van der Waals surface area contributed by atoms with Gasteiger partial charge in [-0.3, -0.25) is 14.2 Å². The van der Waals surface area contributed by atoms with Crippen molar-refractivity contribution in [2.75, 3.05) is 10.1 Å². The van der Waals surface area contributed by atoms with Crippen LogP contribution >= 0.6 is 0 Å². The van der Waals surface area contributed by atoms with Gasteiger partial charge in [-0.1, -0.05) is 12.1 Å². The van der Waals surface area contributed by atoms with Crippen LogP contribution in [0.1, 0.15) is 39.9 Å². The molecule has 13 heteroatoms. The maximum absolute atomic E-state index is 13.1. The molecule has 0 saturated carbocycles. The first-order valence-corrected chi connectivity index (χ1v) is 12.3. The molecule has 1 aliphatic rings. The SMILES string of the molecule is O=C1CCCc2cc(N(Cc3cn[nH]c3-c3ccc(C(F)(F)F)cc3)S(=O)(=O)CC(F)(F)F)ccc21. The topological polar surface area (TPSA) is 83.1 Å². The molecule has 1 aromatic heterocycles. The van der Waals surface area contributed by atoms with Crippen LogP contribution in [0.4, 0.5) is 32.0 Å². The lowest BCUT2D eigenvalue weighted by atomic mass is 9.90. The fourth-order valence-electron chi connectivity index (χ4n) is 4.08. The molecule has 36 heavy (non-hydrogen) atoms. The van der Waals surface area contributed by atoms with Crippen molar-refractivity contribution in [2.24, 2.45) is 0 Å². The summed E-state index contributed by atoms with van der Waals surface area (Å²) >= 11 is 0. The minimum Gasteiger partial charge on any atom is -0.294 e. The zero-order valence-corrected chi connectivity index (χ0v) is 19.3. The van der Waals surface area contributed by atoms with E-state index in [-0.39, 0.29) is 28.3 Å². The number of hydrogen-bond acceptors (Lipinski definition) is 4. The Bertz CT molecular complexity index is 1380. The van der Waals surface area contributed by atoms with Gasteiger partial charge in [-0.05, 0) is 54.3 Å². The zero-order chi connectivity index (χ0) is 26.3. The number of carbonyl (C=O) groups is 1. The monoisotopic (exact) mass is 531 g/mol. The predicted molar refractivity (Wildman–Crippen MR) is 119 cm³/mol. The van der Waals surface area contributed by atoms with Crippen molar-refractivity contribution in [1.82, 2.24) is 10.2 Å². The maximum Gasteiger partial charge on any atom is 0.416 e. The fourth-order valence-corrected chi connectivity index (χ4v) is 5.42. The number of H-pyrrole nitrogens is 1. The van der Waals surface area contributed by atoms with Gasteiger partial charge in [0, 0.05) is 17.5 Å². The highest BCUT2D eigenvalue weighted by molar-refractivity contribution is 7.92. The highest BCUT2D eigenvalue weighted by atomic mass is 32.2.